The summed E-state index contributed by atoms with van der Waals surface area (Å²) < 4.78 is 3.11. The molecule has 10 aromatic carbocycles. The summed E-state index contributed by atoms with van der Waals surface area (Å²) in [6.45, 7) is 0. The average Bonchev–Trinajstić information content (AvgIpc) is 4.09. The minimum atomic E-state index is -0.544. The highest BCUT2D eigenvalue weighted by atomic mass is 16.2. The molecule has 2 aliphatic rings. The summed E-state index contributed by atoms with van der Waals surface area (Å²) in [6.07, 6.45) is 0. The van der Waals surface area contributed by atoms with E-state index >= 15 is 0 Å². The molecule has 0 N–H and O–H groups in total. The van der Waals surface area contributed by atoms with Gasteiger partial charge in [0.25, 0.3) is 11.1 Å². The highest BCUT2D eigenvalue weighted by Crippen LogP contribution is 2.58. The van der Waals surface area contributed by atoms with Gasteiger partial charge >= 0.3 is 0 Å². The highest BCUT2D eigenvalue weighted by molar-refractivity contribution is 5.95. The standard InChI is InChI=1S/C64H40N2O2/c67-61-53-37-41(43-29-33-51-49-25-13-15-27-55(49)63(57(51)39-43,45-17-5-1-6-18-45)46-19-7-2-8-20-46)31-35-59(53)65-60-36-32-42(38-54(60)62(68)66(61)65)44-30-34-52-50-26-14-16-28-56(50)64(58(52)40-44,47-21-9-3-10-22-47)48-23-11-4-12-24-48/h1-40H. The Morgan fingerprint density at radius 3 is 0.956 bits per heavy atom. The molecule has 0 bridgehead atoms. The SMILES string of the molecule is O=c1c2cc(-c3ccc4c(c3)C(c3ccccc3)(c3ccccc3)c3ccccc3-4)ccc2n2c3ccc(-c4ccc5c(c4)C(c4ccccc4)(c4ccccc4)c4ccccc4-5)cc3c(=O)n12. The summed E-state index contributed by atoms with van der Waals surface area (Å²) in [6, 6.07) is 86.0. The topological polar surface area (TPSA) is 43.0 Å². The van der Waals surface area contributed by atoms with Crippen LogP contribution in [0.2, 0.25) is 0 Å². The monoisotopic (exact) mass is 868 g/mol. The van der Waals surface area contributed by atoms with Crippen molar-refractivity contribution < 1.29 is 0 Å². The number of nitrogens with zero attached hydrogens (tertiary/aromatic N) is 2. The molecular weight excluding hydrogens is 829 g/mol. The predicted octanol–water partition coefficient (Wildman–Crippen LogP) is 13.6. The molecule has 4 heteroatoms. The Morgan fingerprint density at radius 1 is 0.265 bits per heavy atom. The zero-order valence-electron chi connectivity index (χ0n) is 36.8. The third-order valence-corrected chi connectivity index (χ3v) is 15.1. The summed E-state index contributed by atoms with van der Waals surface area (Å²) in [5, 5.41) is 1.01. The van der Waals surface area contributed by atoms with E-state index in [-0.39, 0.29) is 11.1 Å². The van der Waals surface area contributed by atoms with Crippen LogP contribution in [0.15, 0.2) is 252 Å². The van der Waals surface area contributed by atoms with Crippen LogP contribution in [0.5, 0.6) is 0 Å². The summed E-state index contributed by atoms with van der Waals surface area (Å²) >= 11 is 0. The van der Waals surface area contributed by atoms with Crippen molar-refractivity contribution in [2.24, 2.45) is 0 Å². The van der Waals surface area contributed by atoms with E-state index in [2.05, 4.69) is 218 Å². The molecule has 318 valence electrons. The van der Waals surface area contributed by atoms with Crippen molar-refractivity contribution in [2.75, 3.05) is 0 Å². The Hall–Kier alpha value is -8.86. The Labute approximate surface area is 392 Å². The van der Waals surface area contributed by atoms with Gasteiger partial charge in [0.2, 0.25) is 0 Å². The minimum absolute atomic E-state index is 0.327. The van der Waals surface area contributed by atoms with Crippen LogP contribution in [0.1, 0.15) is 44.5 Å². The predicted molar refractivity (Wildman–Crippen MR) is 275 cm³/mol. The first kappa shape index (κ1) is 38.4. The third kappa shape index (κ3) is 5.03. The molecule has 0 aliphatic heterocycles. The lowest BCUT2D eigenvalue weighted by atomic mass is 9.67. The second-order valence-corrected chi connectivity index (χ2v) is 18.3. The molecule has 0 fully saturated rings. The Kier molecular flexibility index (Phi) is 8.09. The minimum Gasteiger partial charge on any atom is -0.267 e. The molecule has 4 nitrogen and oxygen atoms in total. The molecule has 2 aliphatic carbocycles. The number of aromatic nitrogens is 2. The Morgan fingerprint density at radius 2 is 0.574 bits per heavy atom. The zero-order chi connectivity index (χ0) is 45.1. The van der Waals surface area contributed by atoms with E-state index in [1.807, 2.05) is 24.3 Å². The summed E-state index contributed by atoms with van der Waals surface area (Å²) in [4.78, 5) is 29.1. The number of rotatable bonds is 6. The number of fused-ring (bicyclic) bond motifs is 11. The quantitative estimate of drug-likeness (QED) is 0.167. The molecule has 68 heavy (non-hydrogen) atoms. The number of hydrogen-bond acceptors (Lipinski definition) is 2. The fourth-order valence-electron chi connectivity index (χ4n) is 12.2. The van der Waals surface area contributed by atoms with Gasteiger partial charge < -0.3 is 0 Å². The summed E-state index contributed by atoms with van der Waals surface area (Å²) in [5.74, 6) is 0. The van der Waals surface area contributed by atoms with Crippen LogP contribution in [0.3, 0.4) is 0 Å². The molecule has 0 saturated carbocycles. The van der Waals surface area contributed by atoms with Gasteiger partial charge in [-0.1, -0.05) is 206 Å². The van der Waals surface area contributed by atoms with Crippen LogP contribution in [0.25, 0.3) is 66.3 Å². The van der Waals surface area contributed by atoms with Crippen LogP contribution in [0, 0.1) is 0 Å². The van der Waals surface area contributed by atoms with Crippen molar-refractivity contribution in [3.05, 3.63) is 308 Å². The zero-order valence-corrected chi connectivity index (χ0v) is 36.8. The van der Waals surface area contributed by atoms with E-state index in [9.17, 15) is 9.59 Å². The molecule has 0 atom stereocenters. The van der Waals surface area contributed by atoms with Crippen molar-refractivity contribution in [1.82, 2.24) is 9.03 Å². The molecule has 0 spiro atoms. The molecule has 2 heterocycles. The smallest absolute Gasteiger partial charge is 0.267 e. The van der Waals surface area contributed by atoms with Crippen molar-refractivity contribution in [2.45, 2.75) is 10.8 Å². The molecule has 0 radical (unpaired) electrons. The molecule has 14 rings (SSSR count). The molecule has 0 saturated heterocycles. The summed E-state index contributed by atoms with van der Waals surface area (Å²) in [5.41, 5.74) is 18.0. The van der Waals surface area contributed by atoms with Crippen LogP contribution in [-0.2, 0) is 10.8 Å². The first-order valence-corrected chi connectivity index (χ1v) is 23.3. The Balaban J connectivity index is 0.903. The number of benzene rings is 10. The van der Waals surface area contributed by atoms with Gasteiger partial charge in [-0.05, 0) is 125 Å². The van der Waals surface area contributed by atoms with Gasteiger partial charge in [0.15, 0.2) is 0 Å². The van der Waals surface area contributed by atoms with Gasteiger partial charge in [0.1, 0.15) is 0 Å². The fraction of sp³-hybridized carbons (Fsp3) is 0.0312. The van der Waals surface area contributed by atoms with Crippen LogP contribution in [-0.4, -0.2) is 9.03 Å². The van der Waals surface area contributed by atoms with Crippen molar-refractivity contribution in [1.29, 1.82) is 0 Å². The molecule has 12 aromatic rings. The lowest BCUT2D eigenvalue weighted by Crippen LogP contribution is -2.28. The highest BCUT2D eigenvalue weighted by Gasteiger charge is 2.47. The van der Waals surface area contributed by atoms with Crippen LogP contribution in [0.4, 0.5) is 0 Å². The molecule has 0 amide bonds. The lowest BCUT2D eigenvalue weighted by molar-refractivity contribution is 0.769. The molecule has 0 unspecified atom stereocenters. The van der Waals surface area contributed by atoms with Crippen molar-refractivity contribution in [3.8, 4) is 44.5 Å². The lowest BCUT2D eigenvalue weighted by Gasteiger charge is -2.34. The largest absolute Gasteiger partial charge is 0.282 e. The summed E-state index contributed by atoms with van der Waals surface area (Å²) in [7, 11) is 0. The van der Waals surface area contributed by atoms with E-state index in [1.54, 1.807) is 4.52 Å². The Bertz CT molecular complexity index is 3770. The van der Waals surface area contributed by atoms with E-state index in [0.717, 1.165) is 22.3 Å². The fourth-order valence-corrected chi connectivity index (χ4v) is 12.2. The normalized spacial score (nSPS) is 13.9. The van der Waals surface area contributed by atoms with Gasteiger partial charge in [-0.25, -0.2) is 4.52 Å². The van der Waals surface area contributed by atoms with Gasteiger partial charge in [-0.3, -0.25) is 9.59 Å². The molecule has 2 aromatic heterocycles. The average molecular weight is 869 g/mol. The van der Waals surface area contributed by atoms with E-state index in [1.165, 1.54) is 71.3 Å². The van der Waals surface area contributed by atoms with Gasteiger partial charge in [-0.2, -0.15) is 4.52 Å². The first-order valence-electron chi connectivity index (χ1n) is 23.3. The second-order valence-electron chi connectivity index (χ2n) is 18.3. The van der Waals surface area contributed by atoms with Crippen molar-refractivity contribution >= 4 is 21.8 Å². The van der Waals surface area contributed by atoms with E-state index in [0.29, 0.717) is 21.8 Å². The third-order valence-electron chi connectivity index (χ3n) is 15.1. The van der Waals surface area contributed by atoms with Crippen LogP contribution < -0.4 is 11.1 Å². The van der Waals surface area contributed by atoms with Crippen molar-refractivity contribution in [3.63, 3.8) is 0 Å². The van der Waals surface area contributed by atoms with Gasteiger partial charge in [-0.15, -0.1) is 0 Å². The first-order chi connectivity index (χ1) is 33.6. The van der Waals surface area contributed by atoms with E-state index in [4.69, 9.17) is 0 Å². The number of hydrogen-bond donors (Lipinski definition) is 0. The maximum Gasteiger partial charge on any atom is 0.282 e. The molecular formula is C64H40N2O2. The van der Waals surface area contributed by atoms with Crippen LogP contribution >= 0.6 is 0 Å². The maximum atomic E-state index is 14.5. The van der Waals surface area contributed by atoms with Gasteiger partial charge in [0, 0.05) is 0 Å². The second kappa shape index (κ2) is 14.3. The van der Waals surface area contributed by atoms with Gasteiger partial charge in [0.05, 0.1) is 32.6 Å². The van der Waals surface area contributed by atoms with E-state index < -0.39 is 10.8 Å². The maximum absolute atomic E-state index is 14.5.